The fourth-order valence-corrected chi connectivity index (χ4v) is 6.60. The number of carbonyl (C=O) groups is 2. The van der Waals surface area contributed by atoms with Crippen molar-refractivity contribution in [2.24, 2.45) is 17.6 Å². The molecule has 258 valence electrons. The van der Waals surface area contributed by atoms with E-state index in [1.807, 2.05) is 0 Å². The van der Waals surface area contributed by atoms with Gasteiger partial charge in [-0.15, -0.1) is 6.58 Å². The minimum Gasteiger partial charge on any atom is -0.381 e. The number of halogens is 3. The Kier molecular flexibility index (Phi) is 12.4. The molecule has 0 saturated carbocycles. The highest BCUT2D eigenvalue weighted by Gasteiger charge is 2.43. The Morgan fingerprint density at radius 1 is 1.21 bits per heavy atom. The van der Waals surface area contributed by atoms with E-state index in [1.54, 1.807) is 26.6 Å². The number of ether oxygens (including phenoxy) is 3. The molecule has 47 heavy (non-hydrogen) atoms. The van der Waals surface area contributed by atoms with E-state index in [2.05, 4.69) is 11.9 Å². The molecule has 2 amide bonds. The number of rotatable bonds is 14. The van der Waals surface area contributed by atoms with E-state index in [0.29, 0.717) is 58.1 Å². The Balaban J connectivity index is 1.52. The number of nitrogens with zero attached hydrogens (tertiary/aromatic N) is 4. The molecule has 4 heterocycles. The van der Waals surface area contributed by atoms with E-state index in [9.17, 15) is 18.4 Å². The largest absolute Gasteiger partial charge is 0.381 e. The summed E-state index contributed by atoms with van der Waals surface area (Å²) < 4.78 is 63.2. The monoisotopic (exact) mass is 662 g/mol. The predicted molar refractivity (Wildman–Crippen MR) is 168 cm³/mol. The summed E-state index contributed by atoms with van der Waals surface area (Å²) in [5, 5.41) is 3.08. The second-order valence-electron chi connectivity index (χ2n) is 12.2. The topological polar surface area (TPSA) is 124 Å². The zero-order valence-corrected chi connectivity index (χ0v) is 26.6. The zero-order chi connectivity index (χ0) is 33.3. The lowest BCUT2D eigenvalue weighted by molar-refractivity contribution is -0.159. The number of amides is 2. The molecule has 3 N–H and O–H groups in total. The van der Waals surface area contributed by atoms with Crippen molar-refractivity contribution in [2.45, 2.75) is 44.1 Å². The first-order valence-electron chi connectivity index (χ1n) is 16.3. The maximum absolute atomic E-state index is 15.2. The van der Waals surface area contributed by atoms with Crippen molar-refractivity contribution in [2.75, 3.05) is 72.3 Å². The summed E-state index contributed by atoms with van der Waals surface area (Å²) in [5.74, 6) is -1.98. The Bertz CT molecular complexity index is 1370. The second kappa shape index (κ2) is 16.7. The van der Waals surface area contributed by atoms with Gasteiger partial charge in [0.15, 0.2) is 6.10 Å². The Labute approximate surface area is 273 Å². The van der Waals surface area contributed by atoms with E-state index in [1.165, 1.54) is 0 Å². The van der Waals surface area contributed by atoms with Crippen molar-refractivity contribution in [1.82, 2.24) is 24.7 Å². The number of morpholine rings is 1. The third-order valence-electron chi connectivity index (χ3n) is 9.04. The Morgan fingerprint density at radius 2 is 2.02 bits per heavy atom. The molecular formula is C33H45F3N6O5. The van der Waals surface area contributed by atoms with Gasteiger partial charge in [-0.05, 0) is 37.0 Å². The summed E-state index contributed by atoms with van der Waals surface area (Å²) in [6.45, 7) is 7.15. The molecular weight excluding hydrogens is 617 g/mol. The lowest BCUT2D eigenvalue weighted by Gasteiger charge is -2.42. The van der Waals surface area contributed by atoms with Crippen LogP contribution in [0.25, 0.3) is 11.3 Å². The van der Waals surface area contributed by atoms with Crippen LogP contribution in [0.2, 0.25) is 0 Å². The molecule has 0 radical (unpaired) electrons. The van der Waals surface area contributed by atoms with Crippen LogP contribution in [-0.2, 0) is 30.3 Å². The highest BCUT2D eigenvalue weighted by Crippen LogP contribution is 2.38. The lowest BCUT2D eigenvalue weighted by Crippen LogP contribution is -2.55. The molecule has 14 heteroatoms. The number of aromatic nitrogens is 2. The number of carbonyl (C=O) groups excluding carboxylic acids is 2. The molecule has 3 fully saturated rings. The number of imidazole rings is 1. The third kappa shape index (κ3) is 8.60. The number of nitrogens with two attached hydrogens (primary N) is 1. The van der Waals surface area contributed by atoms with Gasteiger partial charge in [-0.1, -0.05) is 6.08 Å². The first-order chi connectivity index (χ1) is 22.8. The van der Waals surface area contributed by atoms with Crippen molar-refractivity contribution < 1.29 is 37.0 Å². The fourth-order valence-electron chi connectivity index (χ4n) is 6.60. The van der Waals surface area contributed by atoms with E-state index in [4.69, 9.17) is 24.9 Å². The van der Waals surface area contributed by atoms with Crippen LogP contribution < -0.4 is 11.1 Å². The van der Waals surface area contributed by atoms with Gasteiger partial charge in [-0.25, -0.2) is 18.2 Å². The van der Waals surface area contributed by atoms with Crippen molar-refractivity contribution >= 4 is 11.8 Å². The summed E-state index contributed by atoms with van der Waals surface area (Å²) in [6.07, 6.45) is 2.46. The highest BCUT2D eigenvalue weighted by atomic mass is 19.1. The van der Waals surface area contributed by atoms with Gasteiger partial charge < -0.3 is 39.6 Å². The van der Waals surface area contributed by atoms with Crippen LogP contribution >= 0.6 is 0 Å². The molecule has 3 saturated heterocycles. The lowest BCUT2D eigenvalue weighted by atomic mass is 9.88. The summed E-state index contributed by atoms with van der Waals surface area (Å²) in [5.41, 5.74) is 5.66. The van der Waals surface area contributed by atoms with Gasteiger partial charge >= 0.3 is 0 Å². The number of nitrogens with one attached hydrogen (secondary N) is 1. The molecule has 1 aromatic heterocycles. The molecule has 0 spiro atoms. The van der Waals surface area contributed by atoms with Gasteiger partial charge in [0, 0.05) is 70.2 Å². The predicted octanol–water partition coefficient (Wildman–Crippen LogP) is 2.46. The van der Waals surface area contributed by atoms with Gasteiger partial charge in [0.25, 0.3) is 5.91 Å². The minimum absolute atomic E-state index is 0.0123. The normalized spacial score (nSPS) is 22.7. The van der Waals surface area contributed by atoms with Crippen LogP contribution in [0.5, 0.6) is 0 Å². The van der Waals surface area contributed by atoms with Gasteiger partial charge in [0.1, 0.15) is 23.6 Å². The van der Waals surface area contributed by atoms with Crippen LogP contribution in [-0.4, -0.2) is 116 Å². The maximum atomic E-state index is 15.2. The average molecular weight is 663 g/mol. The summed E-state index contributed by atoms with van der Waals surface area (Å²) >= 11 is 0. The van der Waals surface area contributed by atoms with Crippen molar-refractivity contribution in [1.29, 1.82) is 0 Å². The molecule has 0 bridgehead atoms. The van der Waals surface area contributed by atoms with Crippen LogP contribution in [0.4, 0.5) is 13.2 Å². The van der Waals surface area contributed by atoms with Crippen LogP contribution in [0, 0.1) is 23.5 Å². The van der Waals surface area contributed by atoms with Crippen molar-refractivity contribution in [3.63, 3.8) is 0 Å². The molecule has 2 aromatic rings. The first-order valence-corrected chi connectivity index (χ1v) is 16.3. The molecule has 3 aliphatic rings. The second-order valence-corrected chi connectivity index (χ2v) is 12.2. The Morgan fingerprint density at radius 3 is 2.74 bits per heavy atom. The van der Waals surface area contributed by atoms with Crippen LogP contribution in [0.15, 0.2) is 37.1 Å². The molecule has 11 nitrogen and oxygen atoms in total. The number of alkyl halides is 1. The minimum atomic E-state index is -1.18. The quantitative estimate of drug-likeness (QED) is 0.234. The first kappa shape index (κ1) is 35.0. The molecule has 4 atom stereocenters. The fraction of sp³-hybridized carbons (Fsp3) is 0.606. The van der Waals surface area contributed by atoms with E-state index in [-0.39, 0.29) is 74.8 Å². The third-order valence-corrected chi connectivity index (χ3v) is 9.04. The van der Waals surface area contributed by atoms with Gasteiger partial charge in [0.05, 0.1) is 44.5 Å². The molecule has 5 rings (SSSR count). The van der Waals surface area contributed by atoms with Crippen LogP contribution in [0.1, 0.15) is 31.1 Å². The summed E-state index contributed by atoms with van der Waals surface area (Å²) in [4.78, 5) is 35.7. The number of benzene rings is 1. The number of hydrogen-bond acceptors (Lipinski definition) is 8. The number of hydrogen-bond donors (Lipinski definition) is 2. The van der Waals surface area contributed by atoms with Gasteiger partial charge in [0.2, 0.25) is 5.91 Å². The van der Waals surface area contributed by atoms with E-state index in [0.717, 1.165) is 18.2 Å². The molecule has 0 aliphatic carbocycles. The summed E-state index contributed by atoms with van der Waals surface area (Å²) in [7, 11) is 0. The Hall–Kier alpha value is -3.30. The standard InChI is InChI=1S/C33H45F3N6O5/c1-2-9-41-20-28(25-16-24(34)3-4-26(25)35)39-32(41)31(22-5-11-45-12-6-22)42(19-23-17-38-18-27(23)36)33(44)29-21-40(10-15-47-29)30(43)7-13-46-14-8-37/h2-4,16,20,22-23,27,29,31,38H,1,5-15,17-19,21,37H2/t23-,27-,29-,31+/m0/s1. The SMILES string of the molecule is C=CCn1cc(-c2cc(F)ccc2F)nc1[C@@H](C1CCOCC1)N(C[C@@H]1CNC[C@@H]1F)C(=O)[C@@H]1CN(C(=O)CCOCCN)CCO1. The molecule has 3 aliphatic heterocycles. The molecule has 0 unspecified atom stereocenters. The van der Waals surface area contributed by atoms with E-state index >= 15 is 4.39 Å². The number of allylic oxidation sites excluding steroid dienone is 1. The smallest absolute Gasteiger partial charge is 0.254 e. The van der Waals surface area contributed by atoms with Crippen LogP contribution in [0.3, 0.4) is 0 Å². The zero-order valence-electron chi connectivity index (χ0n) is 26.6. The van der Waals surface area contributed by atoms with Gasteiger partial charge in [-0.3, -0.25) is 9.59 Å². The van der Waals surface area contributed by atoms with Gasteiger partial charge in [-0.2, -0.15) is 0 Å². The average Bonchev–Trinajstić information content (AvgIpc) is 3.69. The van der Waals surface area contributed by atoms with E-state index < -0.39 is 35.9 Å². The summed E-state index contributed by atoms with van der Waals surface area (Å²) in [6, 6.07) is 2.51. The highest BCUT2D eigenvalue weighted by molar-refractivity contribution is 5.83. The maximum Gasteiger partial charge on any atom is 0.254 e. The van der Waals surface area contributed by atoms with Crippen molar-refractivity contribution in [3.05, 3.63) is 54.5 Å². The molecule has 1 aromatic carbocycles. The van der Waals surface area contributed by atoms with Crippen molar-refractivity contribution in [3.8, 4) is 11.3 Å².